The second-order valence-corrected chi connectivity index (χ2v) is 13.3. The van der Waals surface area contributed by atoms with Crippen molar-refractivity contribution in [2.75, 3.05) is 25.7 Å². The number of nitro groups is 1. The van der Waals surface area contributed by atoms with Gasteiger partial charge in [0, 0.05) is 29.0 Å². The van der Waals surface area contributed by atoms with Gasteiger partial charge < -0.3 is 9.47 Å². The Morgan fingerprint density at radius 2 is 1.71 bits per heavy atom. The summed E-state index contributed by atoms with van der Waals surface area (Å²) >= 11 is 0. The van der Waals surface area contributed by atoms with Gasteiger partial charge in [-0.15, -0.1) is 0 Å². The zero-order chi connectivity index (χ0) is 34.2. The van der Waals surface area contributed by atoms with Crippen LogP contribution in [0.2, 0.25) is 0 Å². The average molecular weight is 666 g/mol. The number of nitro benzene ring substituents is 1. The van der Waals surface area contributed by atoms with E-state index in [2.05, 4.69) is 0 Å². The normalized spacial score (nSPS) is 18.2. The van der Waals surface area contributed by atoms with Crippen LogP contribution in [-0.2, 0) is 19.4 Å². The first-order valence-corrected chi connectivity index (χ1v) is 16.4. The van der Waals surface area contributed by atoms with Crippen molar-refractivity contribution in [3.8, 4) is 34.5 Å². The molecule has 1 saturated heterocycles. The van der Waals surface area contributed by atoms with Crippen molar-refractivity contribution in [1.29, 1.82) is 5.26 Å². The van der Waals surface area contributed by atoms with E-state index >= 15 is 0 Å². The maximum atomic E-state index is 14.4. The van der Waals surface area contributed by atoms with Crippen LogP contribution in [0, 0.1) is 21.4 Å². The number of hydrogen-bond donors (Lipinski definition) is 0. The molecule has 13 nitrogen and oxygen atoms in total. The molecule has 0 spiro atoms. The number of hydrogen-bond acceptors (Lipinski definition) is 10. The third-order valence-corrected chi connectivity index (χ3v) is 9.93. The van der Waals surface area contributed by atoms with Crippen molar-refractivity contribution >= 4 is 39.0 Å². The standard InChI is InChI=1S/C34H27N5O8S/c1-46-26-11-8-21(9-12-26)31-27(33(40)38(34(41)28(31)18-35)25-14-15-48(44,45)20-25)16-23-19-37(24-6-4-3-5-7-24)36-32(23)22-10-13-30(47-2)29(17-22)39(42)43/h3-13,16-17,19,25H,14-15,20H2,1-2H3/b27-16-. The zero-order valence-electron chi connectivity index (χ0n) is 25.7. The Kier molecular flexibility index (Phi) is 8.38. The van der Waals surface area contributed by atoms with Crippen molar-refractivity contribution in [2.24, 2.45) is 0 Å². The monoisotopic (exact) mass is 665 g/mol. The summed E-state index contributed by atoms with van der Waals surface area (Å²) < 4.78 is 36.8. The van der Waals surface area contributed by atoms with E-state index in [9.17, 15) is 33.4 Å². The van der Waals surface area contributed by atoms with Gasteiger partial charge in [-0.2, -0.15) is 10.4 Å². The van der Waals surface area contributed by atoms with Gasteiger partial charge in [0.25, 0.3) is 11.8 Å². The molecule has 6 rings (SSSR count). The number of ether oxygens (including phenoxy) is 2. The van der Waals surface area contributed by atoms with E-state index in [-0.39, 0.29) is 46.0 Å². The minimum Gasteiger partial charge on any atom is -0.497 e. The SMILES string of the molecule is COc1ccc(C2=C(C#N)C(=O)N(C3CCS(=O)(=O)C3)C(=O)/C2=C\c2cn(-c3ccccc3)nc2-c2ccc(OC)c([N+](=O)[O-])c2)cc1. The van der Waals surface area contributed by atoms with E-state index in [1.807, 2.05) is 12.1 Å². The predicted octanol–water partition coefficient (Wildman–Crippen LogP) is 4.38. The van der Waals surface area contributed by atoms with Gasteiger partial charge in [0.2, 0.25) is 0 Å². The summed E-state index contributed by atoms with van der Waals surface area (Å²) in [6, 6.07) is 20.8. The van der Waals surface area contributed by atoms with Gasteiger partial charge in [-0.05, 0) is 54.5 Å². The van der Waals surface area contributed by atoms with E-state index in [4.69, 9.17) is 14.6 Å². The smallest absolute Gasteiger partial charge is 0.311 e. The highest BCUT2D eigenvalue weighted by atomic mass is 32.2. The molecule has 3 aromatic carbocycles. The lowest BCUT2D eigenvalue weighted by Crippen LogP contribution is -2.49. The number of amides is 2. The fourth-order valence-corrected chi connectivity index (χ4v) is 7.56. The number of rotatable bonds is 8. The molecular formula is C34H27N5O8S. The van der Waals surface area contributed by atoms with Crippen LogP contribution < -0.4 is 9.47 Å². The number of methoxy groups -OCH3 is 2. The maximum absolute atomic E-state index is 14.4. The Morgan fingerprint density at radius 1 is 1.00 bits per heavy atom. The Balaban J connectivity index is 1.62. The molecule has 3 heterocycles. The molecule has 14 heteroatoms. The van der Waals surface area contributed by atoms with E-state index in [0.717, 1.165) is 4.90 Å². The highest BCUT2D eigenvalue weighted by Crippen LogP contribution is 2.40. The molecule has 0 saturated carbocycles. The lowest BCUT2D eigenvalue weighted by Gasteiger charge is -2.32. The number of nitriles is 1. The van der Waals surface area contributed by atoms with Gasteiger partial charge in [-0.3, -0.25) is 24.6 Å². The third-order valence-electron chi connectivity index (χ3n) is 8.18. The van der Waals surface area contributed by atoms with Crippen LogP contribution in [0.5, 0.6) is 11.5 Å². The van der Waals surface area contributed by atoms with E-state index in [1.165, 1.54) is 32.4 Å². The molecule has 2 aliphatic rings. The van der Waals surface area contributed by atoms with Gasteiger partial charge in [-0.25, -0.2) is 13.1 Å². The number of aromatic nitrogens is 2. The first-order valence-electron chi connectivity index (χ1n) is 14.6. The zero-order valence-corrected chi connectivity index (χ0v) is 26.5. The number of imide groups is 1. The molecule has 1 aromatic heterocycles. The minimum absolute atomic E-state index is 0.0381. The Hall–Kier alpha value is -6.07. The number of carbonyl (C=O) groups excluding carboxylic acids is 2. The Bertz CT molecular complexity index is 2180. The maximum Gasteiger partial charge on any atom is 0.311 e. The number of benzene rings is 3. The molecule has 4 aromatic rings. The fraction of sp³-hybridized carbons (Fsp3) is 0.176. The predicted molar refractivity (Wildman–Crippen MR) is 175 cm³/mol. The van der Waals surface area contributed by atoms with Crippen molar-refractivity contribution < 1.29 is 32.4 Å². The van der Waals surface area contributed by atoms with Crippen LogP contribution in [-0.4, -0.2) is 71.6 Å². The lowest BCUT2D eigenvalue weighted by molar-refractivity contribution is -0.385. The van der Waals surface area contributed by atoms with Gasteiger partial charge >= 0.3 is 5.69 Å². The molecule has 1 fully saturated rings. The molecular weight excluding hydrogens is 638 g/mol. The quantitative estimate of drug-likeness (QED) is 0.114. The number of sulfone groups is 1. The number of nitrogens with zero attached hydrogens (tertiary/aromatic N) is 5. The number of carbonyl (C=O) groups is 2. The molecule has 2 aliphatic heterocycles. The van der Waals surface area contributed by atoms with Gasteiger partial charge in [0.05, 0.1) is 48.0 Å². The minimum atomic E-state index is -3.51. The summed E-state index contributed by atoms with van der Waals surface area (Å²) in [5, 5.41) is 26.9. The fourth-order valence-electron chi connectivity index (χ4n) is 5.86. The van der Waals surface area contributed by atoms with Crippen LogP contribution in [0.15, 0.2) is 90.1 Å². The van der Waals surface area contributed by atoms with Crippen LogP contribution >= 0.6 is 0 Å². The molecule has 0 aliphatic carbocycles. The van der Waals surface area contributed by atoms with Crippen LogP contribution in [0.25, 0.3) is 28.6 Å². The summed E-state index contributed by atoms with van der Waals surface area (Å²) in [4.78, 5) is 40.4. The average Bonchev–Trinajstić information content (AvgIpc) is 3.68. The molecule has 1 unspecified atom stereocenters. The molecule has 1 atom stereocenters. The van der Waals surface area contributed by atoms with Gasteiger partial charge in [0.1, 0.15) is 23.1 Å². The second kappa shape index (κ2) is 12.6. The van der Waals surface area contributed by atoms with Crippen molar-refractivity contribution in [1.82, 2.24) is 14.7 Å². The van der Waals surface area contributed by atoms with Gasteiger partial charge in [0.15, 0.2) is 15.6 Å². The van der Waals surface area contributed by atoms with E-state index in [1.54, 1.807) is 65.5 Å². The van der Waals surface area contributed by atoms with Gasteiger partial charge in [-0.1, -0.05) is 30.3 Å². The highest BCUT2D eigenvalue weighted by Gasteiger charge is 2.45. The third kappa shape index (κ3) is 5.82. The van der Waals surface area contributed by atoms with Crippen molar-refractivity contribution in [2.45, 2.75) is 12.5 Å². The topological polar surface area (TPSA) is 175 Å². The largest absolute Gasteiger partial charge is 0.497 e. The summed E-state index contributed by atoms with van der Waals surface area (Å²) in [7, 11) is -0.708. The first-order chi connectivity index (χ1) is 23.0. The Labute approximate surface area is 275 Å². The highest BCUT2D eigenvalue weighted by molar-refractivity contribution is 7.91. The summed E-state index contributed by atoms with van der Waals surface area (Å²) in [6.45, 7) is 0. The molecule has 0 radical (unpaired) electrons. The molecule has 2 amide bonds. The van der Waals surface area contributed by atoms with Crippen molar-refractivity contribution in [3.05, 3.63) is 111 Å². The van der Waals surface area contributed by atoms with Crippen LogP contribution in [0.4, 0.5) is 5.69 Å². The molecule has 48 heavy (non-hydrogen) atoms. The molecule has 0 N–H and O–H groups in total. The van der Waals surface area contributed by atoms with Crippen molar-refractivity contribution in [3.63, 3.8) is 0 Å². The molecule has 0 bridgehead atoms. The summed E-state index contributed by atoms with van der Waals surface area (Å²) in [5.74, 6) is -1.75. The molecule has 242 valence electrons. The van der Waals surface area contributed by atoms with Crippen LogP contribution in [0.1, 0.15) is 17.5 Å². The van der Waals surface area contributed by atoms with E-state index < -0.39 is 38.4 Å². The first kappa shape index (κ1) is 31.9. The van der Waals surface area contributed by atoms with Crippen LogP contribution in [0.3, 0.4) is 0 Å². The Morgan fingerprint density at radius 3 is 2.31 bits per heavy atom. The number of para-hydroxylation sites is 1. The van der Waals surface area contributed by atoms with E-state index in [0.29, 0.717) is 28.1 Å². The lowest BCUT2D eigenvalue weighted by atomic mass is 9.86. The summed E-state index contributed by atoms with van der Waals surface area (Å²) in [6.07, 6.45) is 3.13. The summed E-state index contributed by atoms with van der Waals surface area (Å²) in [5.41, 5.74) is 1.28. The second-order valence-electron chi connectivity index (χ2n) is 11.0.